The van der Waals surface area contributed by atoms with Gasteiger partial charge in [0.1, 0.15) is 0 Å². The minimum Gasteiger partial charge on any atom is -0.322 e. The molecule has 32 heavy (non-hydrogen) atoms. The minimum absolute atomic E-state index is 0.180. The van der Waals surface area contributed by atoms with E-state index in [1.54, 1.807) is 58.3 Å². The van der Waals surface area contributed by atoms with Crippen molar-refractivity contribution < 1.29 is 18.4 Å². The van der Waals surface area contributed by atoms with Gasteiger partial charge in [-0.05, 0) is 66.6 Å². The Hall–Kier alpha value is -3.45. The molecule has 1 fully saturated rings. The molecule has 1 heterocycles. The highest BCUT2D eigenvalue weighted by Gasteiger charge is 2.27. The van der Waals surface area contributed by atoms with Gasteiger partial charge in [-0.25, -0.2) is 13.6 Å². The Labute approximate surface area is 189 Å². The smallest absolute Gasteiger partial charge is 0.322 e. The first-order chi connectivity index (χ1) is 15.4. The van der Waals surface area contributed by atoms with Gasteiger partial charge in [0, 0.05) is 41.6 Å². The van der Waals surface area contributed by atoms with E-state index in [0.717, 1.165) is 18.6 Å². The number of carbonyl (C=O) groups excluding carboxylic acids is 2. The van der Waals surface area contributed by atoms with Crippen molar-refractivity contribution in [3.8, 4) is 0 Å². The molecule has 3 aromatic carbocycles. The lowest BCUT2D eigenvalue weighted by molar-refractivity contribution is 0.102. The first-order valence-corrected chi connectivity index (χ1v) is 10.5. The van der Waals surface area contributed by atoms with E-state index in [0.29, 0.717) is 40.6 Å². The third kappa shape index (κ3) is 4.89. The zero-order chi connectivity index (χ0) is 22.7. The van der Waals surface area contributed by atoms with E-state index < -0.39 is 11.6 Å². The Morgan fingerprint density at radius 3 is 2.50 bits per heavy atom. The van der Waals surface area contributed by atoms with E-state index in [9.17, 15) is 18.4 Å². The maximum absolute atomic E-state index is 13.5. The maximum Gasteiger partial charge on any atom is 0.324 e. The van der Waals surface area contributed by atoms with Gasteiger partial charge in [0.15, 0.2) is 11.6 Å². The third-order valence-corrected chi connectivity index (χ3v) is 5.44. The number of halogens is 3. The van der Waals surface area contributed by atoms with Gasteiger partial charge >= 0.3 is 6.03 Å². The zero-order valence-electron chi connectivity index (χ0n) is 17.0. The van der Waals surface area contributed by atoms with Gasteiger partial charge in [0.2, 0.25) is 0 Å². The van der Waals surface area contributed by atoms with Gasteiger partial charge in [-0.3, -0.25) is 9.69 Å². The topological polar surface area (TPSA) is 52.7 Å². The fourth-order valence-electron chi connectivity index (χ4n) is 3.58. The summed E-state index contributed by atoms with van der Waals surface area (Å²) in [7, 11) is 0. The Bertz CT molecular complexity index is 1150. The highest BCUT2D eigenvalue weighted by Crippen LogP contribution is 2.25. The number of carbonyl (C=O) groups is 2. The molecule has 0 radical (unpaired) electrons. The largest absolute Gasteiger partial charge is 0.324 e. The maximum atomic E-state index is 13.5. The van der Waals surface area contributed by atoms with Gasteiger partial charge in [0.25, 0.3) is 5.91 Å². The Morgan fingerprint density at radius 1 is 0.969 bits per heavy atom. The van der Waals surface area contributed by atoms with Gasteiger partial charge in [0.05, 0.1) is 0 Å². The predicted molar refractivity (Wildman–Crippen MR) is 120 cm³/mol. The van der Waals surface area contributed by atoms with Crippen molar-refractivity contribution >= 4 is 34.9 Å². The molecule has 0 atom stereocenters. The van der Waals surface area contributed by atoms with Crippen molar-refractivity contribution in [3.63, 3.8) is 0 Å². The number of urea groups is 1. The molecule has 0 bridgehead atoms. The van der Waals surface area contributed by atoms with Crippen molar-refractivity contribution in [1.82, 2.24) is 4.90 Å². The quantitative estimate of drug-likeness (QED) is 0.536. The van der Waals surface area contributed by atoms with Crippen LogP contribution in [0.5, 0.6) is 0 Å². The van der Waals surface area contributed by atoms with Crippen molar-refractivity contribution in [3.05, 3.63) is 94.5 Å². The monoisotopic (exact) mass is 455 g/mol. The molecule has 1 saturated heterocycles. The van der Waals surface area contributed by atoms with Gasteiger partial charge < -0.3 is 10.2 Å². The number of nitrogens with one attached hydrogen (secondary N) is 1. The summed E-state index contributed by atoms with van der Waals surface area (Å²) in [5, 5.41) is 3.37. The van der Waals surface area contributed by atoms with Crippen molar-refractivity contribution in [2.45, 2.75) is 13.0 Å². The number of amides is 3. The summed E-state index contributed by atoms with van der Waals surface area (Å²) in [4.78, 5) is 28.7. The van der Waals surface area contributed by atoms with Crippen molar-refractivity contribution in [1.29, 1.82) is 0 Å². The standard InChI is InChI=1S/C24H20ClF2N3O2/c25-18-8-6-17(7-9-18)23(31)28-19-3-1-4-20(14-19)30-12-2-11-29(24(30)32)15-16-5-10-21(26)22(27)13-16/h1,3-10,13-14H,2,11-12,15H2,(H,28,31). The van der Waals surface area contributed by atoms with Gasteiger partial charge in [-0.2, -0.15) is 0 Å². The lowest BCUT2D eigenvalue weighted by Crippen LogP contribution is -2.49. The van der Waals surface area contributed by atoms with Crippen molar-refractivity contribution in [2.24, 2.45) is 0 Å². The normalized spacial score (nSPS) is 13.9. The van der Waals surface area contributed by atoms with E-state index in [1.165, 1.54) is 6.07 Å². The molecule has 0 saturated carbocycles. The second-order valence-electron chi connectivity index (χ2n) is 7.47. The fourth-order valence-corrected chi connectivity index (χ4v) is 3.71. The fraction of sp³-hybridized carbons (Fsp3) is 0.167. The first kappa shape index (κ1) is 21.8. The number of benzene rings is 3. The average molecular weight is 456 g/mol. The van der Waals surface area contributed by atoms with Crippen LogP contribution >= 0.6 is 11.6 Å². The van der Waals surface area contributed by atoms with Gasteiger partial charge in [-0.1, -0.05) is 23.7 Å². The van der Waals surface area contributed by atoms with Crippen LogP contribution in [0.1, 0.15) is 22.3 Å². The van der Waals surface area contributed by atoms with Crippen LogP contribution in [0.2, 0.25) is 5.02 Å². The highest BCUT2D eigenvalue weighted by molar-refractivity contribution is 6.30. The molecule has 0 unspecified atom stereocenters. The molecular weight excluding hydrogens is 436 g/mol. The van der Waals surface area contributed by atoms with E-state index in [4.69, 9.17) is 11.6 Å². The molecule has 164 valence electrons. The van der Waals surface area contributed by atoms with Crippen LogP contribution in [0.25, 0.3) is 0 Å². The second kappa shape index (κ2) is 9.36. The summed E-state index contributed by atoms with van der Waals surface area (Å²) < 4.78 is 26.7. The average Bonchev–Trinajstić information content (AvgIpc) is 2.78. The SMILES string of the molecule is O=C(Nc1cccc(N2CCCN(Cc3ccc(F)c(F)c3)C2=O)c1)c1ccc(Cl)cc1. The molecule has 0 aliphatic carbocycles. The summed E-state index contributed by atoms with van der Waals surface area (Å²) in [5.41, 5.74) is 2.17. The van der Waals surface area contributed by atoms with E-state index in [-0.39, 0.29) is 18.5 Å². The molecule has 3 aromatic rings. The van der Waals surface area contributed by atoms with Crippen LogP contribution in [0.15, 0.2) is 66.7 Å². The molecule has 5 nitrogen and oxygen atoms in total. The third-order valence-electron chi connectivity index (χ3n) is 5.19. The number of nitrogens with zero attached hydrogens (tertiary/aromatic N) is 2. The lowest BCUT2D eigenvalue weighted by Gasteiger charge is -2.36. The number of hydrogen-bond acceptors (Lipinski definition) is 2. The summed E-state index contributed by atoms with van der Waals surface area (Å²) >= 11 is 5.87. The molecular formula is C24H20ClF2N3O2. The van der Waals surface area contributed by atoms with E-state index in [1.807, 2.05) is 0 Å². The first-order valence-electron chi connectivity index (χ1n) is 10.1. The highest BCUT2D eigenvalue weighted by atomic mass is 35.5. The molecule has 0 spiro atoms. The van der Waals surface area contributed by atoms with Crippen LogP contribution in [-0.2, 0) is 6.54 Å². The number of anilines is 2. The van der Waals surface area contributed by atoms with Crippen LogP contribution in [0, 0.1) is 11.6 Å². The predicted octanol–water partition coefficient (Wildman–Crippen LogP) is 5.70. The Kier molecular flexibility index (Phi) is 6.37. The van der Waals surface area contributed by atoms with Crippen LogP contribution in [0.3, 0.4) is 0 Å². The van der Waals surface area contributed by atoms with Crippen LogP contribution in [-0.4, -0.2) is 29.9 Å². The summed E-state index contributed by atoms with van der Waals surface area (Å²) in [5.74, 6) is -2.14. The number of rotatable bonds is 5. The van der Waals surface area contributed by atoms with Crippen LogP contribution in [0.4, 0.5) is 25.0 Å². The molecule has 1 N–H and O–H groups in total. The molecule has 8 heteroatoms. The van der Waals surface area contributed by atoms with Crippen LogP contribution < -0.4 is 10.2 Å². The summed E-state index contributed by atoms with van der Waals surface area (Å²) in [6.45, 7) is 1.21. The van der Waals surface area contributed by atoms with E-state index in [2.05, 4.69) is 5.32 Å². The molecule has 0 aromatic heterocycles. The van der Waals surface area contributed by atoms with E-state index >= 15 is 0 Å². The molecule has 1 aliphatic heterocycles. The number of hydrogen-bond donors (Lipinski definition) is 1. The summed E-state index contributed by atoms with van der Waals surface area (Å²) in [6, 6.07) is 17.0. The Morgan fingerprint density at radius 2 is 1.75 bits per heavy atom. The molecule has 4 rings (SSSR count). The summed E-state index contributed by atoms with van der Waals surface area (Å²) in [6.07, 6.45) is 0.719. The second-order valence-corrected chi connectivity index (χ2v) is 7.91. The zero-order valence-corrected chi connectivity index (χ0v) is 17.8. The van der Waals surface area contributed by atoms with Crippen molar-refractivity contribution in [2.75, 3.05) is 23.3 Å². The molecule has 3 amide bonds. The van der Waals surface area contributed by atoms with Gasteiger partial charge in [-0.15, -0.1) is 0 Å². The lowest BCUT2D eigenvalue weighted by atomic mass is 10.1. The molecule has 1 aliphatic rings. The minimum atomic E-state index is -0.937. The Balaban J connectivity index is 1.47.